The van der Waals surface area contributed by atoms with E-state index < -0.39 is 0 Å². The number of allylic oxidation sites excluding steroid dienone is 1. The Morgan fingerprint density at radius 1 is 0.821 bits per heavy atom. The van der Waals surface area contributed by atoms with Crippen molar-refractivity contribution in [3.63, 3.8) is 0 Å². The second-order valence-corrected chi connectivity index (χ2v) is 7.99. The van der Waals surface area contributed by atoms with E-state index >= 15 is 0 Å². The van der Waals surface area contributed by atoms with Gasteiger partial charge in [0.15, 0.2) is 0 Å². The Bertz CT molecular complexity index is 1120. The van der Waals surface area contributed by atoms with Gasteiger partial charge in [-0.05, 0) is 60.6 Å². The van der Waals surface area contributed by atoms with E-state index in [1.807, 2.05) is 0 Å². The Hall–Kier alpha value is -2.97. The van der Waals surface area contributed by atoms with Crippen LogP contribution < -0.4 is 5.73 Å². The standard InChI is InChI=1S/C26H24N2/c1-16-3-7-18(8-4-16)20-11-12-21-14-23-24(15-22(21)13-20)28-26(25(23)27)19-9-5-17(2)6-10-19/h3-10,13-15,25H,11-12,27H2,1-2H3. The van der Waals surface area contributed by atoms with Crippen LogP contribution in [0, 0.1) is 13.8 Å². The highest BCUT2D eigenvalue weighted by Gasteiger charge is 2.27. The van der Waals surface area contributed by atoms with Crippen molar-refractivity contribution >= 4 is 23.0 Å². The van der Waals surface area contributed by atoms with Crippen LogP contribution in [0.5, 0.6) is 0 Å². The molecular formula is C26H24N2. The highest BCUT2D eigenvalue weighted by molar-refractivity contribution is 6.09. The third kappa shape index (κ3) is 2.90. The Balaban J connectivity index is 1.53. The van der Waals surface area contributed by atoms with Crippen molar-refractivity contribution in [2.75, 3.05) is 0 Å². The van der Waals surface area contributed by atoms with Crippen LogP contribution >= 0.6 is 0 Å². The molecule has 0 radical (unpaired) electrons. The molecule has 2 heteroatoms. The van der Waals surface area contributed by atoms with Gasteiger partial charge in [0.2, 0.25) is 0 Å². The summed E-state index contributed by atoms with van der Waals surface area (Å²) in [6, 6.07) is 21.7. The molecule has 1 unspecified atom stereocenters. The molecule has 2 nitrogen and oxygen atoms in total. The molecule has 5 rings (SSSR count). The summed E-state index contributed by atoms with van der Waals surface area (Å²) in [5.41, 5.74) is 18.8. The molecular weight excluding hydrogens is 340 g/mol. The van der Waals surface area contributed by atoms with Gasteiger partial charge in [-0.3, -0.25) is 4.99 Å². The van der Waals surface area contributed by atoms with Crippen molar-refractivity contribution in [1.82, 2.24) is 0 Å². The molecule has 0 saturated carbocycles. The number of nitrogens with zero attached hydrogens (tertiary/aromatic N) is 1. The average Bonchev–Trinajstić information content (AvgIpc) is 3.03. The zero-order valence-corrected chi connectivity index (χ0v) is 16.4. The lowest BCUT2D eigenvalue weighted by molar-refractivity contribution is 0.959. The molecule has 0 amide bonds. The SMILES string of the molecule is Cc1ccc(C2=Cc3cc4c(cc3CC2)C(N)C(c2ccc(C)cc2)=N4)cc1. The molecule has 0 fully saturated rings. The van der Waals surface area contributed by atoms with E-state index in [0.717, 1.165) is 35.4 Å². The quantitative estimate of drug-likeness (QED) is 0.602. The van der Waals surface area contributed by atoms with Gasteiger partial charge in [0.25, 0.3) is 0 Å². The molecule has 28 heavy (non-hydrogen) atoms. The third-order valence-electron chi connectivity index (χ3n) is 5.92. The number of fused-ring (bicyclic) bond motifs is 2. The summed E-state index contributed by atoms with van der Waals surface area (Å²) in [6.45, 7) is 4.23. The Kier molecular flexibility index (Phi) is 4.03. The smallest absolute Gasteiger partial charge is 0.0753 e. The normalized spacial score (nSPS) is 17.6. The fourth-order valence-electron chi connectivity index (χ4n) is 4.20. The lowest BCUT2D eigenvalue weighted by Gasteiger charge is -2.19. The van der Waals surface area contributed by atoms with Gasteiger partial charge >= 0.3 is 0 Å². The first-order chi connectivity index (χ1) is 13.6. The topological polar surface area (TPSA) is 38.4 Å². The molecule has 2 N–H and O–H groups in total. The molecule has 1 heterocycles. The van der Waals surface area contributed by atoms with E-state index in [9.17, 15) is 0 Å². The van der Waals surface area contributed by atoms with Crippen LogP contribution in [0.2, 0.25) is 0 Å². The number of benzene rings is 3. The van der Waals surface area contributed by atoms with E-state index in [0.29, 0.717) is 0 Å². The minimum absolute atomic E-state index is 0.148. The van der Waals surface area contributed by atoms with Gasteiger partial charge in [-0.15, -0.1) is 0 Å². The van der Waals surface area contributed by atoms with Crippen molar-refractivity contribution < 1.29 is 0 Å². The first kappa shape index (κ1) is 17.2. The number of hydrogen-bond donors (Lipinski definition) is 1. The third-order valence-corrected chi connectivity index (χ3v) is 5.92. The van der Waals surface area contributed by atoms with Crippen molar-refractivity contribution in [2.45, 2.75) is 32.7 Å². The largest absolute Gasteiger partial charge is 0.319 e. The maximum Gasteiger partial charge on any atom is 0.0753 e. The predicted octanol–water partition coefficient (Wildman–Crippen LogP) is 5.92. The summed E-state index contributed by atoms with van der Waals surface area (Å²) in [5.74, 6) is 0. The highest BCUT2D eigenvalue weighted by atomic mass is 14.9. The van der Waals surface area contributed by atoms with E-state index in [4.69, 9.17) is 10.7 Å². The molecule has 3 aromatic carbocycles. The van der Waals surface area contributed by atoms with Crippen LogP contribution in [0.4, 0.5) is 5.69 Å². The molecule has 2 aliphatic rings. The molecule has 1 atom stereocenters. The Morgan fingerprint density at radius 3 is 2.14 bits per heavy atom. The zero-order chi connectivity index (χ0) is 19.3. The minimum Gasteiger partial charge on any atom is -0.319 e. The number of aryl methyl sites for hydroxylation is 3. The van der Waals surface area contributed by atoms with Gasteiger partial charge in [-0.2, -0.15) is 0 Å². The van der Waals surface area contributed by atoms with Crippen LogP contribution in [0.25, 0.3) is 11.6 Å². The Labute approximate surface area is 166 Å². The first-order valence-corrected chi connectivity index (χ1v) is 9.94. The van der Waals surface area contributed by atoms with E-state index in [1.54, 1.807) is 0 Å². The molecule has 1 aliphatic heterocycles. The van der Waals surface area contributed by atoms with Crippen molar-refractivity contribution in [2.24, 2.45) is 10.7 Å². The minimum atomic E-state index is -0.148. The zero-order valence-electron chi connectivity index (χ0n) is 16.4. The Morgan fingerprint density at radius 2 is 1.46 bits per heavy atom. The summed E-state index contributed by atoms with van der Waals surface area (Å²) in [6.07, 6.45) is 4.44. The molecule has 3 aromatic rings. The lowest BCUT2D eigenvalue weighted by atomic mass is 9.86. The summed E-state index contributed by atoms with van der Waals surface area (Å²) in [7, 11) is 0. The molecule has 138 valence electrons. The fraction of sp³-hybridized carbons (Fsp3) is 0.192. The molecule has 0 saturated heterocycles. The monoisotopic (exact) mass is 364 g/mol. The van der Waals surface area contributed by atoms with E-state index in [2.05, 4.69) is 80.6 Å². The van der Waals surface area contributed by atoms with Crippen LogP contribution in [0.3, 0.4) is 0 Å². The number of rotatable bonds is 2. The van der Waals surface area contributed by atoms with E-state index in [-0.39, 0.29) is 6.04 Å². The summed E-state index contributed by atoms with van der Waals surface area (Å²) < 4.78 is 0. The van der Waals surface area contributed by atoms with Gasteiger partial charge in [0.05, 0.1) is 17.4 Å². The molecule has 1 aliphatic carbocycles. The number of nitrogens with two attached hydrogens (primary N) is 1. The van der Waals surface area contributed by atoms with E-state index in [1.165, 1.54) is 33.4 Å². The molecule has 0 aromatic heterocycles. The van der Waals surface area contributed by atoms with Gasteiger partial charge in [-0.25, -0.2) is 0 Å². The molecule has 0 bridgehead atoms. The van der Waals surface area contributed by atoms with Crippen LogP contribution in [0.1, 0.15) is 51.4 Å². The van der Waals surface area contributed by atoms with Crippen LogP contribution in [-0.2, 0) is 6.42 Å². The maximum atomic E-state index is 6.58. The number of hydrogen-bond acceptors (Lipinski definition) is 2. The fourth-order valence-corrected chi connectivity index (χ4v) is 4.20. The first-order valence-electron chi connectivity index (χ1n) is 9.94. The molecule has 0 spiro atoms. The second kappa shape index (κ2) is 6.57. The van der Waals surface area contributed by atoms with Crippen LogP contribution in [0.15, 0.2) is 65.7 Å². The maximum absolute atomic E-state index is 6.58. The second-order valence-electron chi connectivity index (χ2n) is 7.99. The predicted molar refractivity (Wildman–Crippen MR) is 118 cm³/mol. The van der Waals surface area contributed by atoms with Crippen LogP contribution in [-0.4, -0.2) is 5.71 Å². The van der Waals surface area contributed by atoms with Crippen molar-refractivity contribution in [3.05, 3.63) is 99.6 Å². The summed E-state index contributed by atoms with van der Waals surface area (Å²) >= 11 is 0. The van der Waals surface area contributed by atoms with Gasteiger partial charge in [-0.1, -0.05) is 71.8 Å². The highest BCUT2D eigenvalue weighted by Crippen LogP contribution is 2.40. The van der Waals surface area contributed by atoms with Gasteiger partial charge < -0.3 is 5.73 Å². The average molecular weight is 364 g/mol. The summed E-state index contributed by atoms with van der Waals surface area (Å²) in [4.78, 5) is 4.91. The van der Waals surface area contributed by atoms with Crippen molar-refractivity contribution in [1.29, 1.82) is 0 Å². The van der Waals surface area contributed by atoms with Crippen molar-refractivity contribution in [3.8, 4) is 0 Å². The number of aliphatic imine (C=N–C) groups is 1. The van der Waals surface area contributed by atoms with Gasteiger partial charge in [0, 0.05) is 5.56 Å². The summed E-state index contributed by atoms with van der Waals surface area (Å²) in [5, 5.41) is 0. The van der Waals surface area contributed by atoms with Gasteiger partial charge in [0.1, 0.15) is 0 Å². The lowest BCUT2D eigenvalue weighted by Crippen LogP contribution is -2.19.